The predicted molar refractivity (Wildman–Crippen MR) is 82.1 cm³/mol. The molecule has 0 atom stereocenters. The summed E-state index contributed by atoms with van der Waals surface area (Å²) < 4.78 is 0.763. The minimum Gasteiger partial charge on any atom is -0.293 e. The van der Waals surface area contributed by atoms with Gasteiger partial charge in [0.1, 0.15) is 0 Å². The summed E-state index contributed by atoms with van der Waals surface area (Å²) in [6, 6.07) is 7.48. The summed E-state index contributed by atoms with van der Waals surface area (Å²) in [6.45, 7) is 1.85. The number of hydrogen-bond acceptors (Lipinski definition) is 2. The van der Waals surface area contributed by atoms with Crippen LogP contribution >= 0.6 is 50.5 Å². The number of carbonyl (C=O) groups is 1. The van der Waals surface area contributed by atoms with Crippen LogP contribution in [0.2, 0.25) is 10.0 Å². The molecule has 0 radical (unpaired) electrons. The zero-order valence-electron chi connectivity index (χ0n) is 9.47. The molecule has 0 amide bonds. The highest BCUT2D eigenvalue weighted by Gasteiger charge is 2.13. The van der Waals surface area contributed by atoms with E-state index in [0.29, 0.717) is 16.5 Å². The third kappa shape index (κ3) is 2.64. The number of rotatable bonds is 3. The van der Waals surface area contributed by atoms with E-state index in [0.717, 1.165) is 19.8 Å². The molecule has 0 saturated heterocycles. The molecule has 2 rings (SSSR count). The molecular formula is C13H9BrCl2OS. The van der Waals surface area contributed by atoms with Gasteiger partial charge in [-0.2, -0.15) is 0 Å². The average Bonchev–Trinajstić information content (AvgIpc) is 2.84. The maximum absolute atomic E-state index is 11.6. The Morgan fingerprint density at radius 2 is 1.94 bits per heavy atom. The molecule has 0 fully saturated rings. The van der Waals surface area contributed by atoms with Crippen LogP contribution in [0.4, 0.5) is 0 Å². The maximum Gasteiger partial charge on any atom is 0.172 e. The molecule has 0 aliphatic rings. The second-order valence-electron chi connectivity index (χ2n) is 3.66. The van der Waals surface area contributed by atoms with Crippen molar-refractivity contribution in [2.45, 2.75) is 13.3 Å². The van der Waals surface area contributed by atoms with Crippen molar-refractivity contribution < 1.29 is 4.79 Å². The lowest BCUT2D eigenvalue weighted by Crippen LogP contribution is -1.90. The van der Waals surface area contributed by atoms with E-state index in [4.69, 9.17) is 23.2 Å². The molecule has 0 aliphatic heterocycles. The van der Waals surface area contributed by atoms with Crippen molar-refractivity contribution in [3.63, 3.8) is 0 Å². The quantitative estimate of drug-likeness (QED) is 0.477. The highest BCUT2D eigenvalue weighted by molar-refractivity contribution is 9.10. The van der Waals surface area contributed by atoms with Gasteiger partial charge in [-0.1, -0.05) is 36.2 Å². The summed E-state index contributed by atoms with van der Waals surface area (Å²) in [5.74, 6) is 0.144. The van der Waals surface area contributed by atoms with E-state index in [1.54, 1.807) is 0 Å². The average molecular weight is 364 g/mol. The van der Waals surface area contributed by atoms with Crippen molar-refractivity contribution in [3.05, 3.63) is 43.7 Å². The minimum atomic E-state index is 0.144. The second kappa shape index (κ2) is 5.74. The fourth-order valence-electron chi connectivity index (χ4n) is 1.52. The Labute approximate surface area is 128 Å². The van der Waals surface area contributed by atoms with Crippen LogP contribution in [0.3, 0.4) is 0 Å². The van der Waals surface area contributed by atoms with Gasteiger partial charge >= 0.3 is 0 Å². The number of thiophene rings is 1. The Morgan fingerprint density at radius 1 is 1.22 bits per heavy atom. The SMILES string of the molecule is CCC(=O)c1ccc(-c2ccc(Br)c(Cl)c2Cl)s1. The summed E-state index contributed by atoms with van der Waals surface area (Å²) in [6.07, 6.45) is 0.509. The third-order valence-corrected chi connectivity index (χ3v) is 5.43. The maximum atomic E-state index is 11.6. The smallest absolute Gasteiger partial charge is 0.172 e. The van der Waals surface area contributed by atoms with Gasteiger partial charge in [0.05, 0.1) is 14.9 Å². The normalized spacial score (nSPS) is 10.7. The molecule has 0 spiro atoms. The van der Waals surface area contributed by atoms with Crippen molar-refractivity contribution in [2.75, 3.05) is 0 Å². The van der Waals surface area contributed by atoms with E-state index in [-0.39, 0.29) is 5.78 Å². The van der Waals surface area contributed by atoms with E-state index in [1.807, 2.05) is 31.2 Å². The van der Waals surface area contributed by atoms with Crippen LogP contribution in [0.15, 0.2) is 28.7 Å². The lowest BCUT2D eigenvalue weighted by atomic mass is 10.2. The summed E-state index contributed by atoms with van der Waals surface area (Å²) in [4.78, 5) is 13.3. The number of benzene rings is 1. The van der Waals surface area contributed by atoms with E-state index >= 15 is 0 Å². The van der Waals surface area contributed by atoms with Crippen LogP contribution in [-0.4, -0.2) is 5.78 Å². The van der Waals surface area contributed by atoms with Gasteiger partial charge in [0.15, 0.2) is 5.78 Å². The van der Waals surface area contributed by atoms with Gasteiger partial charge in [-0.15, -0.1) is 11.3 Å². The molecule has 0 saturated carbocycles. The molecule has 2 aromatic rings. The van der Waals surface area contributed by atoms with Gasteiger partial charge in [-0.3, -0.25) is 4.79 Å². The van der Waals surface area contributed by atoms with Gasteiger partial charge < -0.3 is 0 Å². The van der Waals surface area contributed by atoms with Crippen molar-refractivity contribution in [1.82, 2.24) is 0 Å². The standard InChI is InChI=1S/C13H9BrCl2OS/c1-2-9(17)11-6-5-10(18-11)7-3-4-8(14)13(16)12(7)15/h3-6H,2H2,1H3. The Balaban J connectivity index is 2.47. The Bertz CT molecular complexity index is 607. The van der Waals surface area contributed by atoms with E-state index < -0.39 is 0 Å². The molecule has 1 aromatic carbocycles. The molecule has 18 heavy (non-hydrogen) atoms. The van der Waals surface area contributed by atoms with Crippen LogP contribution in [0.25, 0.3) is 10.4 Å². The van der Waals surface area contributed by atoms with Gasteiger partial charge in [-0.05, 0) is 34.1 Å². The lowest BCUT2D eigenvalue weighted by molar-refractivity contribution is 0.0992. The zero-order chi connectivity index (χ0) is 13.3. The molecule has 0 aliphatic carbocycles. The predicted octanol–water partition coefficient (Wildman–Crippen LogP) is 6.08. The van der Waals surface area contributed by atoms with Crippen molar-refractivity contribution in [3.8, 4) is 10.4 Å². The van der Waals surface area contributed by atoms with Gasteiger partial charge in [0, 0.05) is 21.3 Å². The largest absolute Gasteiger partial charge is 0.293 e. The lowest BCUT2D eigenvalue weighted by Gasteiger charge is -2.05. The minimum absolute atomic E-state index is 0.144. The molecule has 0 unspecified atom stereocenters. The van der Waals surface area contributed by atoms with E-state index in [1.165, 1.54) is 11.3 Å². The molecule has 1 nitrogen and oxygen atoms in total. The first-order valence-corrected chi connectivity index (χ1v) is 7.68. The van der Waals surface area contributed by atoms with E-state index in [2.05, 4.69) is 15.9 Å². The number of hydrogen-bond donors (Lipinski definition) is 0. The summed E-state index contributed by atoms with van der Waals surface area (Å²) in [7, 11) is 0. The molecule has 1 aromatic heterocycles. The van der Waals surface area contributed by atoms with Crippen LogP contribution in [0.5, 0.6) is 0 Å². The van der Waals surface area contributed by atoms with Crippen molar-refractivity contribution in [2.24, 2.45) is 0 Å². The summed E-state index contributed by atoms with van der Waals surface area (Å²) in [5, 5.41) is 0.995. The number of Topliss-reactive ketones (excluding diaryl/α,β-unsaturated/α-hetero) is 1. The molecular weight excluding hydrogens is 355 g/mol. The van der Waals surface area contributed by atoms with Crippen molar-refractivity contribution >= 4 is 56.3 Å². The fraction of sp³-hybridized carbons (Fsp3) is 0.154. The summed E-state index contributed by atoms with van der Waals surface area (Å²) >= 11 is 17.1. The Hall–Kier alpha value is -0.350. The number of ketones is 1. The monoisotopic (exact) mass is 362 g/mol. The molecule has 0 bridgehead atoms. The van der Waals surface area contributed by atoms with Gasteiger partial charge in [0.25, 0.3) is 0 Å². The van der Waals surface area contributed by atoms with E-state index in [9.17, 15) is 4.79 Å². The molecule has 94 valence electrons. The van der Waals surface area contributed by atoms with Gasteiger partial charge in [0.2, 0.25) is 0 Å². The van der Waals surface area contributed by atoms with Crippen LogP contribution in [-0.2, 0) is 0 Å². The highest BCUT2D eigenvalue weighted by Crippen LogP contribution is 2.40. The first-order chi connectivity index (χ1) is 8.54. The topological polar surface area (TPSA) is 17.1 Å². The number of halogens is 3. The first kappa shape index (κ1) is 14.1. The summed E-state index contributed by atoms with van der Waals surface area (Å²) in [5.41, 5.74) is 0.852. The van der Waals surface area contributed by atoms with Crippen LogP contribution in [0.1, 0.15) is 23.0 Å². The Morgan fingerprint density at radius 3 is 2.61 bits per heavy atom. The highest BCUT2D eigenvalue weighted by atomic mass is 79.9. The zero-order valence-corrected chi connectivity index (χ0v) is 13.4. The van der Waals surface area contributed by atoms with Crippen LogP contribution in [0, 0.1) is 0 Å². The fourth-order valence-corrected chi connectivity index (χ4v) is 3.50. The van der Waals surface area contributed by atoms with Crippen LogP contribution < -0.4 is 0 Å². The number of carbonyl (C=O) groups excluding carboxylic acids is 1. The Kier molecular flexibility index (Phi) is 4.49. The second-order valence-corrected chi connectivity index (χ2v) is 6.36. The first-order valence-electron chi connectivity index (χ1n) is 5.31. The molecule has 0 N–H and O–H groups in total. The third-order valence-electron chi connectivity index (χ3n) is 2.50. The molecule has 5 heteroatoms. The van der Waals surface area contributed by atoms with Gasteiger partial charge in [-0.25, -0.2) is 0 Å². The molecule has 1 heterocycles. The van der Waals surface area contributed by atoms with Crippen molar-refractivity contribution in [1.29, 1.82) is 0 Å².